The minimum absolute atomic E-state index is 0.606. The summed E-state index contributed by atoms with van der Waals surface area (Å²) in [6, 6.07) is 0. The molecule has 0 fully saturated rings. The Bertz CT molecular complexity index is 430. The van der Waals surface area contributed by atoms with Crippen LogP contribution in [0.25, 0.3) is 0 Å². The highest BCUT2D eigenvalue weighted by molar-refractivity contribution is 5.83. The molecule has 0 radical (unpaired) electrons. The minimum Gasteiger partial charge on any atom is -0.375 e. The standard InChI is InChI=1S/C19H35N3/c1-10-12-13-22(9)18(7)17(6)19(21(8)11-2)20-16(5)14-15(3)4/h11,15H,2,7,10,12-14H2,1,3-6,8-9H3/b19-17-,20-16?. The zero-order chi connectivity index (χ0) is 17.3. The van der Waals surface area contributed by atoms with Gasteiger partial charge in [-0.05, 0) is 38.8 Å². The fourth-order valence-corrected chi connectivity index (χ4v) is 2.28. The average molecular weight is 306 g/mol. The second-order valence-corrected chi connectivity index (χ2v) is 6.41. The van der Waals surface area contributed by atoms with Crippen LogP contribution in [0.4, 0.5) is 0 Å². The number of hydrogen-bond donors (Lipinski definition) is 0. The van der Waals surface area contributed by atoms with Crippen molar-refractivity contribution >= 4 is 5.71 Å². The van der Waals surface area contributed by atoms with Gasteiger partial charge in [0.05, 0.1) is 0 Å². The number of allylic oxidation sites excluding steroid dienone is 1. The summed E-state index contributed by atoms with van der Waals surface area (Å²) in [6.07, 6.45) is 5.15. The first-order valence-electron chi connectivity index (χ1n) is 8.25. The fraction of sp³-hybridized carbons (Fsp3) is 0.632. The van der Waals surface area contributed by atoms with Crippen LogP contribution in [0, 0.1) is 5.92 Å². The third-order valence-electron chi connectivity index (χ3n) is 3.68. The van der Waals surface area contributed by atoms with Gasteiger partial charge in [0.25, 0.3) is 0 Å². The highest BCUT2D eigenvalue weighted by Gasteiger charge is 2.12. The zero-order valence-corrected chi connectivity index (χ0v) is 15.7. The average Bonchev–Trinajstić information content (AvgIpc) is 2.47. The van der Waals surface area contributed by atoms with E-state index < -0.39 is 0 Å². The molecule has 0 aromatic carbocycles. The Labute approximate surface area is 138 Å². The Morgan fingerprint density at radius 3 is 2.27 bits per heavy atom. The third kappa shape index (κ3) is 6.97. The van der Waals surface area contributed by atoms with Crippen LogP contribution in [0.2, 0.25) is 0 Å². The summed E-state index contributed by atoms with van der Waals surface area (Å²) in [5.41, 5.74) is 3.27. The molecule has 22 heavy (non-hydrogen) atoms. The molecule has 0 amide bonds. The first-order chi connectivity index (χ1) is 10.2. The molecular weight excluding hydrogens is 270 g/mol. The predicted molar refractivity (Wildman–Crippen MR) is 99.9 cm³/mol. The number of hydrogen-bond acceptors (Lipinski definition) is 3. The summed E-state index contributed by atoms with van der Waals surface area (Å²) in [4.78, 5) is 9.02. The topological polar surface area (TPSA) is 18.8 Å². The van der Waals surface area contributed by atoms with E-state index in [1.54, 1.807) is 6.20 Å². The van der Waals surface area contributed by atoms with Crippen LogP contribution in [0.15, 0.2) is 41.4 Å². The van der Waals surface area contributed by atoms with Crippen molar-refractivity contribution < 1.29 is 0 Å². The van der Waals surface area contributed by atoms with Gasteiger partial charge in [-0.25, -0.2) is 4.99 Å². The molecule has 0 spiro atoms. The number of rotatable bonds is 10. The smallest absolute Gasteiger partial charge is 0.137 e. The molecule has 0 bridgehead atoms. The van der Waals surface area contributed by atoms with Gasteiger partial charge < -0.3 is 9.80 Å². The first-order valence-corrected chi connectivity index (χ1v) is 8.25. The molecule has 0 saturated heterocycles. The van der Waals surface area contributed by atoms with E-state index in [9.17, 15) is 0 Å². The number of likely N-dealkylation sites (N-methyl/N-ethyl adjacent to an activating group) is 1. The van der Waals surface area contributed by atoms with Gasteiger partial charge in [0, 0.05) is 37.6 Å². The van der Waals surface area contributed by atoms with Crippen molar-refractivity contribution in [3.63, 3.8) is 0 Å². The van der Waals surface area contributed by atoms with Gasteiger partial charge in [-0.2, -0.15) is 0 Å². The lowest BCUT2D eigenvalue weighted by molar-refractivity contribution is 0.410. The highest BCUT2D eigenvalue weighted by Crippen LogP contribution is 2.20. The van der Waals surface area contributed by atoms with Crippen molar-refractivity contribution in [1.29, 1.82) is 0 Å². The Hall–Kier alpha value is -1.51. The maximum Gasteiger partial charge on any atom is 0.137 e. The zero-order valence-electron chi connectivity index (χ0n) is 15.7. The molecule has 0 aromatic rings. The van der Waals surface area contributed by atoms with Crippen molar-refractivity contribution in [2.45, 2.75) is 53.9 Å². The largest absolute Gasteiger partial charge is 0.375 e. The van der Waals surface area contributed by atoms with Crippen LogP contribution < -0.4 is 0 Å². The number of aliphatic imine (C=N–C) groups is 1. The van der Waals surface area contributed by atoms with E-state index in [4.69, 9.17) is 4.99 Å². The molecule has 0 aliphatic heterocycles. The highest BCUT2D eigenvalue weighted by atomic mass is 15.2. The summed E-state index contributed by atoms with van der Waals surface area (Å²) >= 11 is 0. The quantitative estimate of drug-likeness (QED) is 0.415. The number of nitrogens with zero attached hydrogens (tertiary/aromatic N) is 3. The number of unbranched alkanes of at least 4 members (excludes halogenated alkanes) is 1. The van der Waals surface area contributed by atoms with E-state index >= 15 is 0 Å². The van der Waals surface area contributed by atoms with Crippen molar-refractivity contribution in [3.8, 4) is 0 Å². The molecule has 0 N–H and O–H groups in total. The van der Waals surface area contributed by atoms with Crippen LogP contribution in [0.1, 0.15) is 53.9 Å². The Morgan fingerprint density at radius 2 is 1.82 bits per heavy atom. The van der Waals surface area contributed by atoms with Gasteiger partial charge in [0.2, 0.25) is 0 Å². The van der Waals surface area contributed by atoms with Crippen LogP contribution in [-0.4, -0.2) is 36.2 Å². The maximum absolute atomic E-state index is 4.83. The first kappa shape index (κ1) is 20.5. The molecule has 0 heterocycles. The molecule has 0 aliphatic rings. The molecule has 0 rings (SSSR count). The van der Waals surface area contributed by atoms with Crippen molar-refractivity contribution in [2.24, 2.45) is 10.9 Å². The molecule has 0 aliphatic carbocycles. The lowest BCUT2D eigenvalue weighted by atomic mass is 10.1. The molecule has 3 nitrogen and oxygen atoms in total. The maximum atomic E-state index is 4.83. The molecule has 0 aromatic heterocycles. The molecule has 126 valence electrons. The van der Waals surface area contributed by atoms with Gasteiger partial charge in [-0.15, -0.1) is 0 Å². The van der Waals surface area contributed by atoms with E-state index in [0.29, 0.717) is 5.92 Å². The summed E-state index contributed by atoms with van der Waals surface area (Å²) < 4.78 is 0. The lowest BCUT2D eigenvalue weighted by Crippen LogP contribution is -2.22. The van der Waals surface area contributed by atoms with E-state index in [2.05, 4.69) is 59.7 Å². The molecular formula is C19H35N3. The van der Waals surface area contributed by atoms with Crippen LogP contribution >= 0.6 is 0 Å². The lowest BCUT2D eigenvalue weighted by Gasteiger charge is -2.25. The Morgan fingerprint density at radius 1 is 1.23 bits per heavy atom. The summed E-state index contributed by atoms with van der Waals surface area (Å²) in [7, 11) is 4.08. The summed E-state index contributed by atoms with van der Waals surface area (Å²) in [6.45, 7) is 19.9. The monoisotopic (exact) mass is 305 g/mol. The van der Waals surface area contributed by atoms with Gasteiger partial charge >= 0.3 is 0 Å². The molecule has 0 atom stereocenters. The molecule has 0 unspecified atom stereocenters. The Kier molecular flexibility index (Phi) is 9.55. The minimum atomic E-state index is 0.606. The van der Waals surface area contributed by atoms with E-state index in [1.165, 1.54) is 12.8 Å². The summed E-state index contributed by atoms with van der Waals surface area (Å²) in [5, 5.41) is 0. The summed E-state index contributed by atoms with van der Waals surface area (Å²) in [5.74, 6) is 1.54. The normalized spacial score (nSPS) is 13.0. The predicted octanol–water partition coefficient (Wildman–Crippen LogP) is 5.05. The van der Waals surface area contributed by atoms with Crippen LogP contribution in [0.5, 0.6) is 0 Å². The van der Waals surface area contributed by atoms with Crippen molar-refractivity contribution in [3.05, 3.63) is 36.4 Å². The Balaban J connectivity index is 5.45. The van der Waals surface area contributed by atoms with E-state index in [1.807, 2.05) is 11.9 Å². The third-order valence-corrected chi connectivity index (χ3v) is 3.68. The van der Waals surface area contributed by atoms with Gasteiger partial charge in [0.1, 0.15) is 5.82 Å². The van der Waals surface area contributed by atoms with Crippen LogP contribution in [0.3, 0.4) is 0 Å². The van der Waals surface area contributed by atoms with Crippen LogP contribution in [-0.2, 0) is 0 Å². The van der Waals surface area contributed by atoms with Crippen molar-refractivity contribution in [1.82, 2.24) is 9.80 Å². The SMILES string of the molecule is C=CN(C)/C(N=C(C)CC(C)C)=C(/C)C(=C)N(C)CCCC. The van der Waals surface area contributed by atoms with E-state index in [0.717, 1.165) is 35.8 Å². The molecule has 0 saturated carbocycles. The fourth-order valence-electron chi connectivity index (χ4n) is 2.28. The van der Waals surface area contributed by atoms with Gasteiger partial charge in [0.15, 0.2) is 0 Å². The van der Waals surface area contributed by atoms with Gasteiger partial charge in [-0.1, -0.05) is 40.3 Å². The second kappa shape index (κ2) is 10.3. The van der Waals surface area contributed by atoms with E-state index in [-0.39, 0.29) is 0 Å². The second-order valence-electron chi connectivity index (χ2n) is 6.41. The van der Waals surface area contributed by atoms with Gasteiger partial charge in [-0.3, -0.25) is 0 Å². The molecule has 3 heteroatoms. The van der Waals surface area contributed by atoms with Crippen molar-refractivity contribution in [2.75, 3.05) is 20.6 Å².